The summed E-state index contributed by atoms with van der Waals surface area (Å²) in [4.78, 5) is 0. The zero-order chi connectivity index (χ0) is 14.8. The predicted octanol–water partition coefficient (Wildman–Crippen LogP) is 1.78. The maximum Gasteiger partial charge on any atom is 0.148 e. The fourth-order valence-electron chi connectivity index (χ4n) is 1.96. The van der Waals surface area contributed by atoms with Crippen LogP contribution in [0.1, 0.15) is 5.69 Å². The summed E-state index contributed by atoms with van der Waals surface area (Å²) in [6, 6.07) is 8.85. The molecule has 1 aromatic carbocycles. The molecule has 3 aromatic rings. The van der Waals surface area contributed by atoms with Crippen LogP contribution in [0.15, 0.2) is 36.5 Å². The standard InChI is InChI=1S/C14H14N6O/c1-9-8-20(19-16-9)10-3-4-11(13(21)7-10)12-5-6-14(15-2)18-17-12/h3-8,21H,1-2H3,(H,15,18). The molecule has 7 heteroatoms. The third-order valence-electron chi connectivity index (χ3n) is 3.05. The first kappa shape index (κ1) is 13.0. The maximum absolute atomic E-state index is 10.2. The molecule has 0 aliphatic carbocycles. The molecule has 0 unspecified atom stereocenters. The Hall–Kier alpha value is -2.96. The largest absolute Gasteiger partial charge is 0.507 e. The predicted molar refractivity (Wildman–Crippen MR) is 78.3 cm³/mol. The van der Waals surface area contributed by atoms with Crippen LogP contribution in [-0.2, 0) is 0 Å². The number of phenols is 1. The number of aromatic nitrogens is 5. The normalized spacial score (nSPS) is 10.6. The molecule has 2 aromatic heterocycles. The average Bonchev–Trinajstić information content (AvgIpc) is 2.94. The lowest BCUT2D eigenvalue weighted by molar-refractivity contribution is 0.476. The highest BCUT2D eigenvalue weighted by Crippen LogP contribution is 2.29. The van der Waals surface area contributed by atoms with Crippen LogP contribution in [0, 0.1) is 6.92 Å². The minimum atomic E-state index is 0.118. The summed E-state index contributed by atoms with van der Waals surface area (Å²) in [6.45, 7) is 1.86. The van der Waals surface area contributed by atoms with Crippen molar-refractivity contribution in [2.24, 2.45) is 0 Å². The van der Waals surface area contributed by atoms with Gasteiger partial charge in [0.05, 0.1) is 23.3 Å². The summed E-state index contributed by atoms with van der Waals surface area (Å²) < 4.78 is 1.61. The van der Waals surface area contributed by atoms with E-state index in [0.29, 0.717) is 17.1 Å². The highest BCUT2D eigenvalue weighted by atomic mass is 16.3. The van der Waals surface area contributed by atoms with Crippen molar-refractivity contribution in [3.63, 3.8) is 0 Å². The Morgan fingerprint density at radius 2 is 1.95 bits per heavy atom. The first-order chi connectivity index (χ1) is 10.2. The molecule has 0 spiro atoms. The summed E-state index contributed by atoms with van der Waals surface area (Å²) in [5.74, 6) is 0.792. The quantitative estimate of drug-likeness (QED) is 0.761. The molecule has 7 nitrogen and oxygen atoms in total. The molecular weight excluding hydrogens is 268 g/mol. The molecule has 0 radical (unpaired) electrons. The number of benzene rings is 1. The second-order valence-corrected chi connectivity index (χ2v) is 4.56. The van der Waals surface area contributed by atoms with Crippen molar-refractivity contribution in [3.8, 4) is 22.7 Å². The Labute approximate surface area is 121 Å². The van der Waals surface area contributed by atoms with Crippen molar-refractivity contribution in [1.29, 1.82) is 0 Å². The Morgan fingerprint density at radius 1 is 1.10 bits per heavy atom. The summed E-state index contributed by atoms with van der Waals surface area (Å²) in [7, 11) is 1.77. The lowest BCUT2D eigenvalue weighted by atomic mass is 10.1. The molecule has 0 saturated carbocycles. The van der Waals surface area contributed by atoms with Gasteiger partial charge in [-0.25, -0.2) is 4.68 Å². The molecule has 2 N–H and O–H groups in total. The van der Waals surface area contributed by atoms with Gasteiger partial charge in [0.1, 0.15) is 11.6 Å². The number of hydrogen-bond donors (Lipinski definition) is 2. The number of rotatable bonds is 3. The summed E-state index contributed by atoms with van der Waals surface area (Å²) in [5.41, 5.74) is 2.77. The zero-order valence-electron chi connectivity index (χ0n) is 11.6. The molecule has 3 rings (SSSR count). The van der Waals surface area contributed by atoms with Crippen LogP contribution in [0.2, 0.25) is 0 Å². The van der Waals surface area contributed by atoms with Gasteiger partial charge in [0, 0.05) is 18.7 Å². The van der Waals surface area contributed by atoms with Gasteiger partial charge in [0.2, 0.25) is 0 Å². The molecule has 0 amide bonds. The van der Waals surface area contributed by atoms with Gasteiger partial charge in [-0.15, -0.1) is 15.3 Å². The summed E-state index contributed by atoms with van der Waals surface area (Å²) in [5, 5.41) is 29.1. The van der Waals surface area contributed by atoms with Gasteiger partial charge < -0.3 is 10.4 Å². The van der Waals surface area contributed by atoms with E-state index in [-0.39, 0.29) is 5.75 Å². The lowest BCUT2D eigenvalue weighted by Crippen LogP contribution is -1.97. The third-order valence-corrected chi connectivity index (χ3v) is 3.05. The van der Waals surface area contributed by atoms with Crippen LogP contribution in [0.5, 0.6) is 5.75 Å². The van der Waals surface area contributed by atoms with Gasteiger partial charge in [-0.1, -0.05) is 5.21 Å². The second kappa shape index (κ2) is 5.20. The van der Waals surface area contributed by atoms with Crippen molar-refractivity contribution >= 4 is 5.82 Å². The number of aryl methyl sites for hydroxylation is 1. The zero-order valence-corrected chi connectivity index (χ0v) is 11.6. The first-order valence-corrected chi connectivity index (χ1v) is 6.41. The van der Waals surface area contributed by atoms with E-state index in [9.17, 15) is 5.11 Å². The van der Waals surface area contributed by atoms with E-state index in [1.54, 1.807) is 42.2 Å². The molecule has 0 bridgehead atoms. The maximum atomic E-state index is 10.2. The lowest BCUT2D eigenvalue weighted by Gasteiger charge is -2.07. The number of aromatic hydroxyl groups is 1. The Morgan fingerprint density at radius 3 is 2.52 bits per heavy atom. The van der Waals surface area contributed by atoms with E-state index in [1.165, 1.54) is 0 Å². The summed E-state index contributed by atoms with van der Waals surface area (Å²) in [6.07, 6.45) is 1.79. The molecule has 106 valence electrons. The van der Waals surface area contributed by atoms with Gasteiger partial charge in [0.25, 0.3) is 0 Å². The van der Waals surface area contributed by atoms with Crippen LogP contribution in [-0.4, -0.2) is 37.3 Å². The SMILES string of the molecule is CNc1ccc(-c2ccc(-n3cc(C)nn3)cc2O)nn1. The Kier molecular flexibility index (Phi) is 3.23. The fraction of sp³-hybridized carbons (Fsp3) is 0.143. The van der Waals surface area contributed by atoms with Crippen LogP contribution >= 0.6 is 0 Å². The van der Waals surface area contributed by atoms with Crippen molar-refractivity contribution in [2.75, 3.05) is 12.4 Å². The van der Waals surface area contributed by atoms with E-state index < -0.39 is 0 Å². The monoisotopic (exact) mass is 282 g/mol. The number of nitrogens with zero attached hydrogens (tertiary/aromatic N) is 5. The van der Waals surface area contributed by atoms with Crippen molar-refractivity contribution in [1.82, 2.24) is 25.2 Å². The van der Waals surface area contributed by atoms with Crippen molar-refractivity contribution in [3.05, 3.63) is 42.2 Å². The molecule has 0 atom stereocenters. The molecule has 2 heterocycles. The highest BCUT2D eigenvalue weighted by molar-refractivity contribution is 5.68. The minimum absolute atomic E-state index is 0.118. The Bertz CT molecular complexity index is 765. The van der Waals surface area contributed by atoms with Gasteiger partial charge in [-0.3, -0.25) is 0 Å². The number of hydrogen-bond acceptors (Lipinski definition) is 6. The van der Waals surface area contributed by atoms with E-state index >= 15 is 0 Å². The van der Waals surface area contributed by atoms with Crippen molar-refractivity contribution in [2.45, 2.75) is 6.92 Å². The first-order valence-electron chi connectivity index (χ1n) is 6.41. The van der Waals surface area contributed by atoms with E-state index in [2.05, 4.69) is 25.8 Å². The topological polar surface area (TPSA) is 88.8 Å². The smallest absolute Gasteiger partial charge is 0.148 e. The van der Waals surface area contributed by atoms with Crippen LogP contribution in [0.25, 0.3) is 16.9 Å². The van der Waals surface area contributed by atoms with E-state index in [0.717, 1.165) is 11.4 Å². The molecule has 0 saturated heterocycles. The third kappa shape index (κ3) is 2.53. The molecule has 0 aliphatic heterocycles. The number of anilines is 1. The highest BCUT2D eigenvalue weighted by Gasteiger charge is 2.09. The van der Waals surface area contributed by atoms with Crippen LogP contribution in [0.4, 0.5) is 5.82 Å². The minimum Gasteiger partial charge on any atom is -0.507 e. The van der Waals surface area contributed by atoms with Gasteiger partial charge in [-0.2, -0.15) is 0 Å². The van der Waals surface area contributed by atoms with Gasteiger partial charge >= 0.3 is 0 Å². The number of phenolic OH excluding ortho intramolecular Hbond substituents is 1. The van der Waals surface area contributed by atoms with Crippen LogP contribution < -0.4 is 5.32 Å². The van der Waals surface area contributed by atoms with Crippen molar-refractivity contribution < 1.29 is 5.11 Å². The molecular formula is C14H14N6O. The van der Waals surface area contributed by atoms with E-state index in [4.69, 9.17) is 0 Å². The molecule has 21 heavy (non-hydrogen) atoms. The van der Waals surface area contributed by atoms with Crippen LogP contribution in [0.3, 0.4) is 0 Å². The van der Waals surface area contributed by atoms with Gasteiger partial charge in [0.15, 0.2) is 0 Å². The second-order valence-electron chi connectivity index (χ2n) is 4.56. The average molecular weight is 282 g/mol. The summed E-state index contributed by atoms with van der Waals surface area (Å²) >= 11 is 0. The molecule has 0 fully saturated rings. The van der Waals surface area contributed by atoms with Gasteiger partial charge in [-0.05, 0) is 31.2 Å². The number of nitrogens with one attached hydrogen (secondary N) is 1. The fourth-order valence-corrected chi connectivity index (χ4v) is 1.96. The van der Waals surface area contributed by atoms with E-state index in [1.807, 2.05) is 13.0 Å². The Balaban J connectivity index is 1.97. The molecule has 0 aliphatic rings.